The number of methoxy groups -OCH3 is 2. The first-order valence-electron chi connectivity index (χ1n) is 11.7. The summed E-state index contributed by atoms with van der Waals surface area (Å²) in [5.41, 5.74) is 0.730. The van der Waals surface area contributed by atoms with Crippen LogP contribution in [0.4, 0.5) is 10.1 Å². The molecule has 2 atom stereocenters. The molecule has 2 heterocycles. The number of carboxylic acids is 1. The van der Waals surface area contributed by atoms with Crippen LogP contribution in [0.15, 0.2) is 47.4 Å². The van der Waals surface area contributed by atoms with Crippen molar-refractivity contribution in [1.29, 1.82) is 0 Å². The second-order valence-corrected chi connectivity index (χ2v) is 9.10. The van der Waals surface area contributed by atoms with Crippen molar-refractivity contribution in [2.24, 2.45) is 0 Å². The van der Waals surface area contributed by atoms with Crippen LogP contribution < -0.4 is 20.4 Å². The number of aromatic carboxylic acids is 1. The molecule has 192 valence electrons. The van der Waals surface area contributed by atoms with Gasteiger partial charge in [-0.05, 0) is 24.5 Å². The zero-order valence-electron chi connectivity index (χ0n) is 20.1. The van der Waals surface area contributed by atoms with Gasteiger partial charge in [-0.1, -0.05) is 30.3 Å². The Balaban J connectivity index is 0.00000304. The van der Waals surface area contributed by atoms with E-state index in [1.54, 1.807) is 11.7 Å². The molecule has 0 bridgehead atoms. The molecule has 0 amide bonds. The highest BCUT2D eigenvalue weighted by molar-refractivity contribution is 5.97. The number of aromatic nitrogens is 1. The Hall–Kier alpha value is -3.14. The number of carbonyl (C=O) groups is 1. The smallest absolute Gasteiger partial charge is 0.341 e. The number of hydrogen-bond donors (Lipinski definition) is 2. The second-order valence-electron chi connectivity index (χ2n) is 9.10. The third kappa shape index (κ3) is 4.66. The summed E-state index contributed by atoms with van der Waals surface area (Å²) in [6, 6.07) is 11.1. The molecule has 5 rings (SSSR count). The summed E-state index contributed by atoms with van der Waals surface area (Å²) in [6.45, 7) is 1.56. The Morgan fingerprint density at radius 3 is 2.53 bits per heavy atom. The Labute approximate surface area is 214 Å². The normalized spacial score (nSPS) is 19.4. The highest BCUT2D eigenvalue weighted by atomic mass is 35.5. The fourth-order valence-corrected chi connectivity index (χ4v) is 4.96. The van der Waals surface area contributed by atoms with E-state index in [1.807, 2.05) is 35.2 Å². The molecule has 8 nitrogen and oxygen atoms in total. The highest BCUT2D eigenvalue weighted by Crippen LogP contribution is 2.44. The number of carboxylic acid groups (broad SMARTS) is 1. The van der Waals surface area contributed by atoms with Crippen molar-refractivity contribution in [2.45, 2.75) is 37.6 Å². The first-order chi connectivity index (χ1) is 16.9. The van der Waals surface area contributed by atoms with Crippen molar-refractivity contribution in [3.63, 3.8) is 0 Å². The van der Waals surface area contributed by atoms with E-state index in [2.05, 4.69) is 5.32 Å². The van der Waals surface area contributed by atoms with Gasteiger partial charge >= 0.3 is 5.97 Å². The van der Waals surface area contributed by atoms with E-state index in [0.29, 0.717) is 25.2 Å². The quantitative estimate of drug-likeness (QED) is 0.471. The van der Waals surface area contributed by atoms with E-state index < -0.39 is 17.2 Å². The zero-order valence-corrected chi connectivity index (χ0v) is 20.9. The number of ether oxygens (including phenoxy) is 2. The van der Waals surface area contributed by atoms with Gasteiger partial charge in [0.1, 0.15) is 11.3 Å². The molecule has 36 heavy (non-hydrogen) atoms. The molecule has 0 radical (unpaired) electrons. The lowest BCUT2D eigenvalue weighted by molar-refractivity contribution is 0.0694. The predicted octanol–water partition coefficient (Wildman–Crippen LogP) is 3.60. The average Bonchev–Trinajstić information content (AvgIpc) is 3.62. The molecule has 1 aliphatic carbocycles. The molecule has 2 fully saturated rings. The molecule has 1 aromatic heterocycles. The summed E-state index contributed by atoms with van der Waals surface area (Å²) in [5, 5.41) is 13.0. The van der Waals surface area contributed by atoms with Crippen LogP contribution in [0.5, 0.6) is 5.75 Å². The van der Waals surface area contributed by atoms with Gasteiger partial charge in [0.25, 0.3) is 0 Å². The van der Waals surface area contributed by atoms with Crippen molar-refractivity contribution in [2.75, 3.05) is 32.2 Å². The molecule has 0 spiro atoms. The summed E-state index contributed by atoms with van der Waals surface area (Å²) in [7, 11) is 3.08. The highest BCUT2D eigenvalue weighted by Gasteiger charge is 2.37. The maximum absolute atomic E-state index is 15.6. The largest absolute Gasteiger partial charge is 0.492 e. The van der Waals surface area contributed by atoms with Crippen LogP contribution in [-0.2, 0) is 11.3 Å². The topological polar surface area (TPSA) is 93.0 Å². The molecule has 1 saturated heterocycles. The van der Waals surface area contributed by atoms with Crippen molar-refractivity contribution in [3.8, 4) is 5.75 Å². The Morgan fingerprint density at radius 1 is 1.19 bits per heavy atom. The lowest BCUT2D eigenvalue weighted by atomic mass is 10.1. The van der Waals surface area contributed by atoms with Gasteiger partial charge in [0, 0.05) is 39.0 Å². The number of benzene rings is 2. The van der Waals surface area contributed by atoms with E-state index in [9.17, 15) is 14.7 Å². The number of hydrogen-bond acceptors (Lipinski definition) is 6. The van der Waals surface area contributed by atoms with Gasteiger partial charge in [-0.15, -0.1) is 12.4 Å². The van der Waals surface area contributed by atoms with E-state index in [4.69, 9.17) is 9.47 Å². The monoisotopic (exact) mass is 517 g/mol. The van der Waals surface area contributed by atoms with Gasteiger partial charge in [-0.25, -0.2) is 9.18 Å². The minimum absolute atomic E-state index is 0. The van der Waals surface area contributed by atoms with Crippen molar-refractivity contribution in [1.82, 2.24) is 9.88 Å². The summed E-state index contributed by atoms with van der Waals surface area (Å²) in [4.78, 5) is 26.5. The van der Waals surface area contributed by atoms with Gasteiger partial charge in [0.15, 0.2) is 11.6 Å². The molecule has 1 saturated carbocycles. The van der Waals surface area contributed by atoms with Gasteiger partial charge in [-0.3, -0.25) is 4.79 Å². The van der Waals surface area contributed by atoms with Gasteiger partial charge < -0.3 is 29.4 Å². The fraction of sp³-hybridized carbons (Fsp3) is 0.385. The molecule has 1 aliphatic heterocycles. The number of pyridine rings is 1. The minimum Gasteiger partial charge on any atom is -0.492 e. The predicted molar refractivity (Wildman–Crippen MR) is 137 cm³/mol. The first kappa shape index (κ1) is 25.9. The third-order valence-electron chi connectivity index (χ3n) is 6.87. The Kier molecular flexibility index (Phi) is 7.54. The number of nitrogens with one attached hydrogen (secondary N) is 1. The van der Waals surface area contributed by atoms with Crippen LogP contribution in [0.2, 0.25) is 0 Å². The Morgan fingerprint density at radius 2 is 1.92 bits per heavy atom. The first-order valence-corrected chi connectivity index (χ1v) is 11.7. The van der Waals surface area contributed by atoms with E-state index in [-0.39, 0.29) is 53.0 Å². The molecule has 2 N–H and O–H groups in total. The SMILES string of the molecule is COc1c(N2C[C@H](NCc3ccccc3)[C@H](OC)C2)c(F)cc2c(=O)c(C(=O)O)cn(C3CC3)c12.Cl. The van der Waals surface area contributed by atoms with Crippen LogP contribution in [-0.4, -0.2) is 55.1 Å². The minimum atomic E-state index is -1.33. The lowest BCUT2D eigenvalue weighted by Gasteiger charge is -2.24. The molecule has 0 unspecified atom stereocenters. The fourth-order valence-electron chi connectivity index (χ4n) is 4.96. The lowest BCUT2D eigenvalue weighted by Crippen LogP contribution is -2.39. The van der Waals surface area contributed by atoms with Crippen LogP contribution in [0, 0.1) is 5.82 Å². The molecule has 2 aliphatic rings. The van der Waals surface area contributed by atoms with E-state index in [1.165, 1.54) is 13.3 Å². The van der Waals surface area contributed by atoms with E-state index >= 15 is 4.39 Å². The van der Waals surface area contributed by atoms with Crippen LogP contribution in [0.1, 0.15) is 34.8 Å². The molecular formula is C26H29ClFN3O5. The number of anilines is 1. The van der Waals surface area contributed by atoms with Crippen LogP contribution in [0.25, 0.3) is 10.9 Å². The van der Waals surface area contributed by atoms with Gasteiger partial charge in [0.05, 0.1) is 30.2 Å². The van der Waals surface area contributed by atoms with Crippen molar-refractivity contribution in [3.05, 3.63) is 69.8 Å². The standard InChI is InChI=1S/C26H28FN3O5.ClH/c1-34-21-14-29(13-20(21)28-11-15-6-4-3-5-7-15)23-19(27)10-17-22(25(23)35-2)30(16-8-9-16)12-18(24(17)31)26(32)33;/h3-7,10,12,16,20-21,28H,8-9,11,13-14H2,1-2H3,(H,32,33);1H/t20-,21+;/m0./s1. The molecular weight excluding hydrogens is 489 g/mol. The Bertz CT molecular complexity index is 1330. The molecule has 10 heteroatoms. The summed E-state index contributed by atoms with van der Waals surface area (Å²) in [5.74, 6) is -1.72. The summed E-state index contributed by atoms with van der Waals surface area (Å²) >= 11 is 0. The van der Waals surface area contributed by atoms with Gasteiger partial charge in [-0.2, -0.15) is 0 Å². The number of rotatable bonds is 8. The van der Waals surface area contributed by atoms with Crippen molar-refractivity contribution >= 4 is 35.0 Å². The van der Waals surface area contributed by atoms with E-state index in [0.717, 1.165) is 24.5 Å². The van der Waals surface area contributed by atoms with Crippen molar-refractivity contribution < 1.29 is 23.8 Å². The summed E-state index contributed by atoms with van der Waals surface area (Å²) < 4.78 is 28.8. The zero-order chi connectivity index (χ0) is 24.7. The maximum Gasteiger partial charge on any atom is 0.341 e. The molecule has 2 aromatic carbocycles. The van der Waals surface area contributed by atoms with Crippen LogP contribution in [0.3, 0.4) is 0 Å². The molecule has 3 aromatic rings. The maximum atomic E-state index is 15.6. The van der Waals surface area contributed by atoms with Gasteiger partial charge in [0.2, 0.25) is 5.43 Å². The summed E-state index contributed by atoms with van der Waals surface area (Å²) in [6.07, 6.45) is 2.89. The number of halogens is 2. The second kappa shape index (κ2) is 10.5. The number of nitrogens with zero attached hydrogens (tertiary/aromatic N) is 2. The average molecular weight is 518 g/mol. The third-order valence-corrected chi connectivity index (χ3v) is 6.87. The number of fused-ring (bicyclic) bond motifs is 1. The van der Waals surface area contributed by atoms with Crippen LogP contribution >= 0.6 is 12.4 Å².